The molecule has 0 amide bonds. The molecular weight excluding hydrogens is 181 g/mol. The number of hydrogen-bond donors (Lipinski definition) is 1. The van der Waals surface area contributed by atoms with Crippen LogP contribution < -0.4 is 5.32 Å². The molecule has 0 radical (unpaired) electrons. The molecule has 1 saturated heterocycles. The van der Waals surface area contributed by atoms with Crippen molar-refractivity contribution in [3.8, 4) is 0 Å². The van der Waals surface area contributed by atoms with Gasteiger partial charge in [0.25, 0.3) is 0 Å². The Hall–Kier alpha value is -1.00. The molecule has 2 rings (SSSR count). The largest absolute Gasteiger partial charge is 0.313 e. The van der Waals surface area contributed by atoms with Crippen molar-refractivity contribution in [2.75, 3.05) is 26.7 Å². The van der Waals surface area contributed by atoms with Gasteiger partial charge in [0.2, 0.25) is 0 Å². The van der Waals surface area contributed by atoms with Crippen LogP contribution >= 0.6 is 0 Å². The molecule has 3 nitrogen and oxygen atoms in total. The summed E-state index contributed by atoms with van der Waals surface area (Å²) in [6.45, 7) is 2.66. The Labute approximate surface area is 82.9 Å². The third kappa shape index (κ3) is 1.76. The van der Waals surface area contributed by atoms with Gasteiger partial charge in [-0.2, -0.15) is 0 Å². The predicted molar refractivity (Wildman–Crippen MR) is 52.4 cm³/mol. The van der Waals surface area contributed by atoms with Crippen molar-refractivity contribution >= 4 is 0 Å². The molecule has 1 atom stereocenters. The molecule has 0 saturated carbocycles. The molecule has 14 heavy (non-hydrogen) atoms. The smallest absolute Gasteiger partial charge is 0.146 e. The summed E-state index contributed by atoms with van der Waals surface area (Å²) in [6, 6.07) is 3.14. The third-order valence-corrected chi connectivity index (χ3v) is 2.61. The van der Waals surface area contributed by atoms with Crippen LogP contribution in [-0.2, 0) is 0 Å². The van der Waals surface area contributed by atoms with E-state index in [1.165, 1.54) is 6.07 Å². The van der Waals surface area contributed by atoms with E-state index in [1.807, 2.05) is 7.05 Å². The molecule has 1 aromatic rings. The molecular formula is C10H14FN3. The minimum Gasteiger partial charge on any atom is -0.313 e. The van der Waals surface area contributed by atoms with Gasteiger partial charge in [-0.1, -0.05) is 0 Å². The van der Waals surface area contributed by atoms with Crippen molar-refractivity contribution in [2.45, 2.75) is 6.04 Å². The maximum Gasteiger partial charge on any atom is 0.146 e. The Morgan fingerprint density at radius 2 is 2.50 bits per heavy atom. The van der Waals surface area contributed by atoms with Crippen LogP contribution in [0.2, 0.25) is 0 Å². The molecule has 0 spiro atoms. The monoisotopic (exact) mass is 195 g/mol. The highest BCUT2D eigenvalue weighted by Crippen LogP contribution is 2.20. The Morgan fingerprint density at radius 3 is 3.21 bits per heavy atom. The molecule has 1 N–H and O–H groups in total. The highest BCUT2D eigenvalue weighted by Gasteiger charge is 2.23. The third-order valence-electron chi connectivity index (χ3n) is 2.61. The summed E-state index contributed by atoms with van der Waals surface area (Å²) in [5, 5.41) is 3.24. The summed E-state index contributed by atoms with van der Waals surface area (Å²) < 4.78 is 13.4. The fourth-order valence-electron chi connectivity index (χ4n) is 1.75. The van der Waals surface area contributed by atoms with Crippen molar-refractivity contribution in [1.82, 2.24) is 15.2 Å². The van der Waals surface area contributed by atoms with Crippen molar-refractivity contribution in [3.63, 3.8) is 0 Å². The Kier molecular flexibility index (Phi) is 2.74. The zero-order valence-electron chi connectivity index (χ0n) is 8.20. The van der Waals surface area contributed by atoms with Gasteiger partial charge in [-0.05, 0) is 19.2 Å². The highest BCUT2D eigenvalue weighted by atomic mass is 19.1. The van der Waals surface area contributed by atoms with Crippen LogP contribution in [0.25, 0.3) is 0 Å². The number of nitrogens with one attached hydrogen (secondary N) is 1. The van der Waals surface area contributed by atoms with Crippen molar-refractivity contribution < 1.29 is 4.39 Å². The van der Waals surface area contributed by atoms with Gasteiger partial charge in [0.15, 0.2) is 0 Å². The van der Waals surface area contributed by atoms with Crippen LogP contribution in [0.3, 0.4) is 0 Å². The van der Waals surface area contributed by atoms with Crippen LogP contribution in [0.1, 0.15) is 11.7 Å². The standard InChI is InChI=1S/C10H14FN3/c1-14-6-5-12-7-9(14)10-8(11)3-2-4-13-10/h2-4,9,12H,5-7H2,1H3. The van der Waals surface area contributed by atoms with Gasteiger partial charge in [0.1, 0.15) is 5.82 Å². The van der Waals surface area contributed by atoms with Crippen LogP contribution in [0.4, 0.5) is 4.39 Å². The Morgan fingerprint density at radius 1 is 1.64 bits per heavy atom. The van der Waals surface area contributed by atoms with E-state index in [2.05, 4.69) is 15.2 Å². The molecule has 1 aliphatic rings. The molecule has 1 fully saturated rings. The lowest BCUT2D eigenvalue weighted by Crippen LogP contribution is -2.44. The van der Waals surface area contributed by atoms with E-state index in [0.29, 0.717) is 5.69 Å². The predicted octanol–water partition coefficient (Wildman–Crippen LogP) is 0.797. The number of hydrogen-bond acceptors (Lipinski definition) is 3. The van der Waals surface area contributed by atoms with Crippen LogP contribution in [0, 0.1) is 5.82 Å². The summed E-state index contributed by atoms with van der Waals surface area (Å²) in [7, 11) is 2.00. The van der Waals surface area contributed by atoms with Gasteiger partial charge in [0.05, 0.1) is 11.7 Å². The zero-order chi connectivity index (χ0) is 9.97. The van der Waals surface area contributed by atoms with Crippen molar-refractivity contribution in [3.05, 3.63) is 29.8 Å². The highest BCUT2D eigenvalue weighted by molar-refractivity contribution is 5.13. The summed E-state index contributed by atoms with van der Waals surface area (Å²) in [5.41, 5.74) is 0.544. The molecule has 0 bridgehead atoms. The van der Waals surface area contributed by atoms with Crippen molar-refractivity contribution in [2.24, 2.45) is 0 Å². The van der Waals surface area contributed by atoms with Crippen LogP contribution in [0.5, 0.6) is 0 Å². The van der Waals surface area contributed by atoms with E-state index in [1.54, 1.807) is 12.3 Å². The van der Waals surface area contributed by atoms with Crippen LogP contribution in [0.15, 0.2) is 18.3 Å². The molecule has 0 aromatic carbocycles. The second-order valence-electron chi connectivity index (χ2n) is 3.57. The van der Waals surface area contributed by atoms with Gasteiger partial charge < -0.3 is 5.32 Å². The van der Waals surface area contributed by atoms with Gasteiger partial charge in [-0.3, -0.25) is 9.88 Å². The number of likely N-dealkylation sites (N-methyl/N-ethyl adjacent to an activating group) is 1. The number of nitrogens with zero attached hydrogens (tertiary/aromatic N) is 2. The lowest BCUT2D eigenvalue weighted by molar-refractivity contribution is 0.194. The van der Waals surface area contributed by atoms with E-state index in [-0.39, 0.29) is 11.9 Å². The summed E-state index contributed by atoms with van der Waals surface area (Å²) in [4.78, 5) is 6.22. The van der Waals surface area contributed by atoms with Crippen molar-refractivity contribution in [1.29, 1.82) is 0 Å². The summed E-state index contributed by atoms with van der Waals surface area (Å²) >= 11 is 0. The first kappa shape index (κ1) is 9.55. The average Bonchev–Trinajstić information content (AvgIpc) is 2.20. The average molecular weight is 195 g/mol. The molecule has 0 aliphatic carbocycles. The van der Waals surface area contributed by atoms with E-state index in [9.17, 15) is 4.39 Å². The number of pyridine rings is 1. The zero-order valence-corrected chi connectivity index (χ0v) is 8.20. The molecule has 1 unspecified atom stereocenters. The number of aromatic nitrogens is 1. The quantitative estimate of drug-likeness (QED) is 0.718. The number of rotatable bonds is 1. The Balaban J connectivity index is 2.25. The van der Waals surface area contributed by atoms with Gasteiger partial charge >= 0.3 is 0 Å². The topological polar surface area (TPSA) is 28.2 Å². The fourth-order valence-corrected chi connectivity index (χ4v) is 1.75. The first-order chi connectivity index (χ1) is 6.79. The maximum atomic E-state index is 13.4. The molecule has 4 heteroatoms. The van der Waals surface area contributed by atoms with Gasteiger partial charge in [-0.25, -0.2) is 4.39 Å². The molecule has 1 aromatic heterocycles. The lowest BCUT2D eigenvalue weighted by Gasteiger charge is -2.32. The minimum absolute atomic E-state index is 0.0601. The summed E-state index contributed by atoms with van der Waals surface area (Å²) in [6.07, 6.45) is 1.64. The number of halogens is 1. The van der Waals surface area contributed by atoms with E-state index in [0.717, 1.165) is 19.6 Å². The second kappa shape index (κ2) is 4.02. The molecule has 1 aliphatic heterocycles. The van der Waals surface area contributed by atoms with E-state index < -0.39 is 0 Å². The SMILES string of the molecule is CN1CCNCC1c1ncccc1F. The first-order valence-electron chi connectivity index (χ1n) is 4.80. The lowest BCUT2D eigenvalue weighted by atomic mass is 10.1. The minimum atomic E-state index is -0.215. The maximum absolute atomic E-state index is 13.4. The second-order valence-corrected chi connectivity index (χ2v) is 3.57. The van der Waals surface area contributed by atoms with E-state index >= 15 is 0 Å². The van der Waals surface area contributed by atoms with Gasteiger partial charge in [0, 0.05) is 25.8 Å². The fraction of sp³-hybridized carbons (Fsp3) is 0.500. The van der Waals surface area contributed by atoms with Gasteiger partial charge in [-0.15, -0.1) is 0 Å². The molecule has 76 valence electrons. The first-order valence-corrected chi connectivity index (χ1v) is 4.80. The molecule has 2 heterocycles. The van der Waals surface area contributed by atoms with Crippen LogP contribution in [-0.4, -0.2) is 36.6 Å². The van der Waals surface area contributed by atoms with E-state index in [4.69, 9.17) is 0 Å². The normalized spacial score (nSPS) is 23.7. The summed E-state index contributed by atoms with van der Waals surface area (Å²) in [5.74, 6) is -0.215. The number of piperazine rings is 1. The Bertz CT molecular complexity index is 316.